The Balaban J connectivity index is 1.59. The summed E-state index contributed by atoms with van der Waals surface area (Å²) in [6, 6.07) is 9.26. The molecular weight excluding hydrogens is 468 g/mol. The van der Waals surface area contributed by atoms with Gasteiger partial charge in [-0.1, -0.05) is 0 Å². The highest BCUT2D eigenvalue weighted by Gasteiger charge is 2.21. The fourth-order valence-corrected chi connectivity index (χ4v) is 5.58. The van der Waals surface area contributed by atoms with E-state index in [1.54, 1.807) is 10.8 Å². The van der Waals surface area contributed by atoms with Gasteiger partial charge < -0.3 is 9.30 Å². The second kappa shape index (κ2) is 8.32. The molecule has 0 amide bonds. The molecule has 4 aromatic heterocycles. The first kappa shape index (κ1) is 22.0. The molecule has 5 nitrogen and oxygen atoms in total. The zero-order valence-electron chi connectivity index (χ0n) is 19.1. The summed E-state index contributed by atoms with van der Waals surface area (Å²) in [6.45, 7) is 5.13. The molecule has 0 bridgehead atoms. The second-order valence-electron chi connectivity index (χ2n) is 8.91. The van der Waals surface area contributed by atoms with E-state index in [2.05, 4.69) is 16.0 Å². The summed E-state index contributed by atoms with van der Waals surface area (Å²) in [5, 5.41) is 0.994. The van der Waals surface area contributed by atoms with E-state index in [9.17, 15) is 13.6 Å². The maximum absolute atomic E-state index is 14.9. The third kappa shape index (κ3) is 3.73. The lowest BCUT2D eigenvalue weighted by Crippen LogP contribution is -2.14. The van der Waals surface area contributed by atoms with E-state index >= 15 is 0 Å². The molecule has 0 unspecified atom stereocenters. The zero-order chi connectivity index (χ0) is 24.3. The number of benzene rings is 1. The van der Waals surface area contributed by atoms with E-state index in [0.29, 0.717) is 17.7 Å². The number of pyridine rings is 3. The molecule has 0 saturated carbocycles. The van der Waals surface area contributed by atoms with Crippen LogP contribution in [0.3, 0.4) is 0 Å². The number of halogens is 2. The van der Waals surface area contributed by atoms with Crippen molar-refractivity contribution in [3.8, 4) is 16.1 Å². The summed E-state index contributed by atoms with van der Waals surface area (Å²) in [4.78, 5) is 23.5. The first-order chi connectivity index (χ1) is 16.9. The van der Waals surface area contributed by atoms with Crippen molar-refractivity contribution in [2.45, 2.75) is 26.2 Å². The minimum atomic E-state index is -0.719. The highest BCUT2D eigenvalue weighted by Crippen LogP contribution is 2.35. The number of ether oxygens (including phenoxy) is 1. The number of aromatic nitrogens is 3. The van der Waals surface area contributed by atoms with Gasteiger partial charge >= 0.3 is 0 Å². The lowest BCUT2D eigenvalue weighted by Gasteiger charge is -2.15. The van der Waals surface area contributed by atoms with Crippen LogP contribution < -0.4 is 5.43 Å². The first-order valence-electron chi connectivity index (χ1n) is 11.4. The summed E-state index contributed by atoms with van der Waals surface area (Å²) in [6.07, 6.45) is 4.40. The van der Waals surface area contributed by atoms with Crippen molar-refractivity contribution in [3.05, 3.63) is 87.6 Å². The van der Waals surface area contributed by atoms with E-state index in [-0.39, 0.29) is 22.6 Å². The van der Waals surface area contributed by atoms with Crippen LogP contribution in [0.25, 0.3) is 37.2 Å². The maximum atomic E-state index is 14.9. The van der Waals surface area contributed by atoms with Crippen molar-refractivity contribution < 1.29 is 13.5 Å². The summed E-state index contributed by atoms with van der Waals surface area (Å²) in [5.74, 6) is -1.11. The average Bonchev–Trinajstić information content (AvgIpc) is 3.51. The molecule has 0 N–H and O–H groups in total. The molecule has 0 aliphatic carbocycles. The van der Waals surface area contributed by atoms with Gasteiger partial charge in [-0.05, 0) is 61.5 Å². The van der Waals surface area contributed by atoms with Crippen LogP contribution >= 0.6 is 11.3 Å². The van der Waals surface area contributed by atoms with Gasteiger partial charge in [-0.2, -0.15) is 0 Å². The molecule has 1 atom stereocenters. The largest absolute Gasteiger partial charge is 0.381 e. The van der Waals surface area contributed by atoms with Crippen LogP contribution in [0, 0.1) is 25.5 Å². The fourth-order valence-electron chi connectivity index (χ4n) is 4.56. The molecule has 1 aliphatic heterocycles. The lowest BCUT2D eigenvalue weighted by molar-refractivity contribution is 0.193. The monoisotopic (exact) mass is 489 g/mol. The summed E-state index contributed by atoms with van der Waals surface area (Å²) in [5.41, 5.74) is 3.62. The van der Waals surface area contributed by atoms with Crippen molar-refractivity contribution in [1.29, 1.82) is 0 Å². The number of nitrogens with zero attached hydrogens (tertiary/aromatic N) is 3. The zero-order valence-corrected chi connectivity index (χ0v) is 20.0. The molecule has 1 aliphatic rings. The number of aryl methyl sites for hydroxylation is 2. The van der Waals surface area contributed by atoms with E-state index < -0.39 is 11.6 Å². The normalized spacial score (nSPS) is 15.9. The Kier molecular flexibility index (Phi) is 5.23. The summed E-state index contributed by atoms with van der Waals surface area (Å²) < 4.78 is 36.5. The highest BCUT2D eigenvalue weighted by atomic mass is 32.1. The van der Waals surface area contributed by atoms with Crippen molar-refractivity contribution in [3.63, 3.8) is 0 Å². The third-order valence-corrected chi connectivity index (χ3v) is 7.75. The Bertz CT molecular complexity index is 1690. The molecule has 5 heterocycles. The van der Waals surface area contributed by atoms with E-state index in [0.717, 1.165) is 51.0 Å². The molecule has 1 aromatic carbocycles. The Labute approximate surface area is 203 Å². The number of fused-ring (bicyclic) bond motifs is 2. The number of rotatable bonds is 3. The van der Waals surface area contributed by atoms with Gasteiger partial charge in [0.15, 0.2) is 0 Å². The van der Waals surface area contributed by atoms with Crippen molar-refractivity contribution >= 4 is 32.5 Å². The van der Waals surface area contributed by atoms with Crippen LogP contribution in [0.1, 0.15) is 29.3 Å². The van der Waals surface area contributed by atoms with Crippen molar-refractivity contribution in [2.75, 3.05) is 13.2 Å². The van der Waals surface area contributed by atoms with Crippen molar-refractivity contribution in [1.82, 2.24) is 14.5 Å². The maximum Gasteiger partial charge on any atom is 0.216 e. The lowest BCUT2D eigenvalue weighted by atomic mass is 10.0. The molecule has 1 fully saturated rings. The molecule has 0 radical (unpaired) electrons. The molecule has 0 spiro atoms. The van der Waals surface area contributed by atoms with Crippen molar-refractivity contribution in [2.24, 2.45) is 0 Å². The van der Waals surface area contributed by atoms with Crippen LogP contribution in [0.4, 0.5) is 8.78 Å². The van der Waals surface area contributed by atoms with Gasteiger partial charge in [0.2, 0.25) is 5.43 Å². The predicted molar refractivity (Wildman–Crippen MR) is 134 cm³/mol. The SMILES string of the molecule is Cc1cc2c(nc1C)c(=O)c(-c1cc3cc([C@@H]4CCOC4)ncc3s1)cn2-c1ccc(F)cc1F. The number of hydrogen-bond acceptors (Lipinski definition) is 5. The first-order valence-corrected chi connectivity index (χ1v) is 12.2. The van der Waals surface area contributed by atoms with Crippen LogP contribution in [0.15, 0.2) is 53.6 Å². The van der Waals surface area contributed by atoms with E-state index in [1.807, 2.05) is 32.2 Å². The third-order valence-electron chi connectivity index (χ3n) is 6.63. The van der Waals surface area contributed by atoms with E-state index in [4.69, 9.17) is 4.74 Å². The summed E-state index contributed by atoms with van der Waals surface area (Å²) in [7, 11) is 0. The predicted octanol–water partition coefficient (Wildman–Crippen LogP) is 6.06. The average molecular weight is 490 g/mol. The Hall–Kier alpha value is -3.49. The summed E-state index contributed by atoms with van der Waals surface area (Å²) >= 11 is 1.45. The molecule has 6 rings (SSSR count). The smallest absolute Gasteiger partial charge is 0.216 e. The van der Waals surface area contributed by atoms with Crippen LogP contribution in [0.2, 0.25) is 0 Å². The molecule has 176 valence electrons. The molecular formula is C27H21F2N3O2S. The fraction of sp³-hybridized carbons (Fsp3) is 0.222. The van der Waals surface area contributed by atoms with Gasteiger partial charge in [-0.15, -0.1) is 11.3 Å². The topological polar surface area (TPSA) is 57.0 Å². The highest BCUT2D eigenvalue weighted by molar-refractivity contribution is 7.22. The molecule has 5 aromatic rings. The standard InChI is InChI=1S/C27H21F2N3O2S/c1-14-7-23-26(31-15(14)2)27(33)19(12-32(23)22-4-3-18(28)10-20(22)29)24-9-17-8-21(16-5-6-34-13-16)30-11-25(17)35-24/h3-4,7-12,16H,5-6,13H2,1-2H3/t16-/m1/s1. The van der Waals surface area contributed by atoms with Crippen LogP contribution in [-0.4, -0.2) is 27.7 Å². The van der Waals surface area contributed by atoms with Gasteiger partial charge in [0, 0.05) is 47.2 Å². The molecule has 1 saturated heterocycles. The Morgan fingerprint density at radius 3 is 2.77 bits per heavy atom. The quantitative estimate of drug-likeness (QED) is 0.309. The Morgan fingerprint density at radius 1 is 1.14 bits per heavy atom. The van der Waals surface area contributed by atoms with Crippen LogP contribution in [-0.2, 0) is 4.74 Å². The number of thiophene rings is 1. The van der Waals surface area contributed by atoms with E-state index in [1.165, 1.54) is 23.5 Å². The number of hydrogen-bond donors (Lipinski definition) is 0. The minimum Gasteiger partial charge on any atom is -0.381 e. The van der Waals surface area contributed by atoms with Gasteiger partial charge in [0.1, 0.15) is 17.2 Å². The Morgan fingerprint density at radius 2 is 2.00 bits per heavy atom. The van der Waals surface area contributed by atoms with Gasteiger partial charge in [0.05, 0.1) is 28.1 Å². The minimum absolute atomic E-state index is 0.147. The molecule has 35 heavy (non-hydrogen) atoms. The van der Waals surface area contributed by atoms with Gasteiger partial charge in [0.25, 0.3) is 0 Å². The van der Waals surface area contributed by atoms with Gasteiger partial charge in [-0.25, -0.2) is 13.8 Å². The van der Waals surface area contributed by atoms with Gasteiger partial charge in [-0.3, -0.25) is 9.78 Å². The van der Waals surface area contributed by atoms with Crippen LogP contribution in [0.5, 0.6) is 0 Å². The second-order valence-corrected chi connectivity index (χ2v) is 10.00. The molecule has 8 heteroatoms.